The van der Waals surface area contributed by atoms with Gasteiger partial charge in [-0.3, -0.25) is 19.2 Å². The second-order valence-corrected chi connectivity index (χ2v) is 20.0. The molecule has 2 aliphatic heterocycles. The highest BCUT2D eigenvalue weighted by molar-refractivity contribution is 6.44. The van der Waals surface area contributed by atoms with Crippen LogP contribution in [0.3, 0.4) is 0 Å². The minimum absolute atomic E-state index is 0.269. The largest absolute Gasteiger partial charge is 0.355 e. The van der Waals surface area contributed by atoms with Gasteiger partial charge in [-0.25, -0.2) is 9.80 Å². The smallest absolute Gasteiger partial charge is 0.268 e. The van der Waals surface area contributed by atoms with Crippen LogP contribution in [0, 0.1) is 0 Å². The molecule has 0 atom stereocenters. The zero-order chi connectivity index (χ0) is 44.5. The molecule has 4 amide bonds. The Morgan fingerprint density at radius 1 is 0.364 bits per heavy atom. The number of anilines is 6. The molecule has 0 unspecified atom stereocenters. The Morgan fingerprint density at radius 3 is 1.03 bits per heavy atom. The van der Waals surface area contributed by atoms with Gasteiger partial charge in [0.15, 0.2) is 0 Å². The standard InChI is InChI=1S/C58H56N4O4/c63-55-47-33-49(59-43-25-9-21-39(29-43)35-13-1-2-14-35)53-51-48(56(64)61(57(53)65)45-27-11-23-41(31-45)37-17-5-6-18-37)34-50(60-44-26-10-22-40(30-44)36-15-3-4-16-36)54(52(47)51)58(66)62(55)46-28-12-24-42(32-46)38-19-7-8-20-38/h9-12,21-38,59-60H,1-8,13-20H2. The van der Waals surface area contributed by atoms with Crippen LogP contribution in [0.25, 0.3) is 10.8 Å². The van der Waals surface area contributed by atoms with Gasteiger partial charge in [0.2, 0.25) is 0 Å². The zero-order valence-electron chi connectivity index (χ0n) is 37.5. The molecule has 8 nitrogen and oxygen atoms in total. The van der Waals surface area contributed by atoms with Crippen molar-refractivity contribution in [2.45, 2.75) is 126 Å². The van der Waals surface area contributed by atoms with Gasteiger partial charge in [-0.15, -0.1) is 0 Å². The Balaban J connectivity index is 1.07. The third-order valence-corrected chi connectivity index (χ3v) is 16.0. The second kappa shape index (κ2) is 16.7. The Morgan fingerprint density at radius 2 is 0.682 bits per heavy atom. The first-order valence-electron chi connectivity index (χ1n) is 24.8. The Hall–Kier alpha value is -6.54. The summed E-state index contributed by atoms with van der Waals surface area (Å²) in [5.41, 5.74) is 9.29. The van der Waals surface area contributed by atoms with E-state index in [2.05, 4.69) is 47.0 Å². The lowest BCUT2D eigenvalue weighted by Gasteiger charge is -2.35. The number of hydrogen-bond acceptors (Lipinski definition) is 6. The van der Waals surface area contributed by atoms with Gasteiger partial charge in [0.05, 0.1) is 45.0 Å². The summed E-state index contributed by atoms with van der Waals surface area (Å²) >= 11 is 0. The van der Waals surface area contributed by atoms with E-state index >= 15 is 19.2 Å². The van der Waals surface area contributed by atoms with E-state index in [4.69, 9.17) is 0 Å². The number of rotatable bonds is 10. The molecule has 0 radical (unpaired) electrons. The molecule has 8 heteroatoms. The van der Waals surface area contributed by atoms with E-state index in [0.29, 0.717) is 57.2 Å². The Labute approximate surface area is 386 Å². The van der Waals surface area contributed by atoms with Crippen LogP contribution in [-0.2, 0) is 0 Å². The highest BCUT2D eigenvalue weighted by Gasteiger charge is 2.44. The quantitative estimate of drug-likeness (QED) is 0.133. The molecule has 12 rings (SSSR count). The lowest BCUT2D eigenvalue weighted by Crippen LogP contribution is -2.44. The average molecular weight is 873 g/mol. The molecule has 6 aliphatic rings. The van der Waals surface area contributed by atoms with Gasteiger partial charge in [0, 0.05) is 22.1 Å². The van der Waals surface area contributed by atoms with Gasteiger partial charge in [0.25, 0.3) is 23.6 Å². The van der Waals surface area contributed by atoms with Crippen molar-refractivity contribution in [2.75, 3.05) is 20.4 Å². The minimum Gasteiger partial charge on any atom is -0.355 e. The van der Waals surface area contributed by atoms with E-state index in [9.17, 15) is 0 Å². The molecule has 0 spiro atoms. The van der Waals surface area contributed by atoms with Crippen molar-refractivity contribution in [1.82, 2.24) is 0 Å². The molecular weight excluding hydrogens is 817 g/mol. The highest BCUT2D eigenvalue weighted by Crippen LogP contribution is 2.48. The first kappa shape index (κ1) is 40.9. The van der Waals surface area contributed by atoms with Crippen LogP contribution < -0.4 is 20.4 Å². The number of imide groups is 2. The molecule has 0 saturated heterocycles. The summed E-state index contributed by atoms with van der Waals surface area (Å²) in [6, 6.07) is 36.1. The minimum atomic E-state index is -0.486. The van der Waals surface area contributed by atoms with Crippen molar-refractivity contribution in [3.05, 3.63) is 154 Å². The Bertz CT molecular complexity index is 2770. The number of nitrogens with one attached hydrogen (secondary N) is 2. The maximum Gasteiger partial charge on any atom is 0.268 e. The summed E-state index contributed by atoms with van der Waals surface area (Å²) in [6.07, 6.45) is 18.3. The van der Waals surface area contributed by atoms with Crippen LogP contribution in [0.5, 0.6) is 0 Å². The molecule has 0 bridgehead atoms. The zero-order valence-corrected chi connectivity index (χ0v) is 37.5. The fraction of sp³-hybridized carbons (Fsp3) is 0.345. The summed E-state index contributed by atoms with van der Waals surface area (Å²) in [6.45, 7) is 0. The third-order valence-electron chi connectivity index (χ3n) is 16.0. The molecule has 4 saturated carbocycles. The second-order valence-electron chi connectivity index (χ2n) is 20.0. The number of carbonyl (C=O) groups excluding carboxylic acids is 4. The van der Waals surface area contributed by atoms with Gasteiger partial charge in [-0.1, -0.05) is 99.9 Å². The molecule has 6 aromatic carbocycles. The molecule has 4 fully saturated rings. The summed E-state index contributed by atoms with van der Waals surface area (Å²) in [4.78, 5) is 64.3. The third kappa shape index (κ3) is 7.03. The predicted molar refractivity (Wildman–Crippen MR) is 263 cm³/mol. The normalized spacial score (nSPS) is 19.3. The molecule has 332 valence electrons. The fourth-order valence-electron chi connectivity index (χ4n) is 12.7. The van der Waals surface area contributed by atoms with Crippen LogP contribution in [0.15, 0.2) is 109 Å². The van der Waals surface area contributed by atoms with Gasteiger partial charge in [-0.05, 0) is 158 Å². The van der Waals surface area contributed by atoms with E-state index < -0.39 is 23.6 Å². The van der Waals surface area contributed by atoms with Crippen molar-refractivity contribution >= 4 is 68.5 Å². The lowest BCUT2D eigenvalue weighted by atomic mass is 9.83. The highest BCUT2D eigenvalue weighted by atomic mass is 16.2. The van der Waals surface area contributed by atoms with Crippen molar-refractivity contribution < 1.29 is 19.2 Å². The lowest BCUT2D eigenvalue weighted by molar-refractivity contribution is 0.0873. The molecule has 6 aromatic rings. The van der Waals surface area contributed by atoms with Crippen LogP contribution in [0.2, 0.25) is 0 Å². The van der Waals surface area contributed by atoms with Crippen molar-refractivity contribution in [2.24, 2.45) is 0 Å². The van der Waals surface area contributed by atoms with E-state index in [1.54, 1.807) is 12.1 Å². The van der Waals surface area contributed by atoms with Crippen LogP contribution in [0.4, 0.5) is 34.1 Å². The van der Waals surface area contributed by atoms with E-state index in [0.717, 1.165) is 99.6 Å². The number of benzene rings is 6. The number of hydrogen-bond donors (Lipinski definition) is 2. The monoisotopic (exact) mass is 872 g/mol. The van der Waals surface area contributed by atoms with Crippen molar-refractivity contribution in [3.8, 4) is 0 Å². The first-order valence-corrected chi connectivity index (χ1v) is 24.8. The topological polar surface area (TPSA) is 98.8 Å². The van der Waals surface area contributed by atoms with Gasteiger partial charge in [0.1, 0.15) is 0 Å². The summed E-state index contributed by atoms with van der Waals surface area (Å²) in [5, 5.41) is 7.91. The molecule has 2 N–H and O–H groups in total. The number of carbonyl (C=O) groups is 4. The molecule has 0 aromatic heterocycles. The molecule has 2 heterocycles. The van der Waals surface area contributed by atoms with Crippen LogP contribution in [0.1, 0.15) is 190 Å². The van der Waals surface area contributed by atoms with Gasteiger partial charge >= 0.3 is 0 Å². The maximum absolute atomic E-state index is 15.5. The van der Waals surface area contributed by atoms with Crippen molar-refractivity contribution in [3.63, 3.8) is 0 Å². The van der Waals surface area contributed by atoms with E-state index in [1.807, 2.05) is 60.7 Å². The van der Waals surface area contributed by atoms with Gasteiger partial charge in [-0.2, -0.15) is 0 Å². The Kier molecular flexibility index (Phi) is 10.4. The molecule has 4 aliphatic carbocycles. The summed E-state index contributed by atoms with van der Waals surface area (Å²) < 4.78 is 0. The van der Waals surface area contributed by atoms with E-state index in [-0.39, 0.29) is 22.3 Å². The first-order chi connectivity index (χ1) is 32.4. The molecular formula is C58H56N4O4. The van der Waals surface area contributed by atoms with Crippen LogP contribution >= 0.6 is 0 Å². The number of nitrogens with zero attached hydrogens (tertiary/aromatic N) is 2. The fourth-order valence-corrected chi connectivity index (χ4v) is 12.7. The van der Waals surface area contributed by atoms with Crippen molar-refractivity contribution in [1.29, 1.82) is 0 Å². The predicted octanol–water partition coefficient (Wildman–Crippen LogP) is 14.6. The maximum atomic E-state index is 15.5. The average Bonchev–Trinajstić information content (AvgIpc) is 4.21. The van der Waals surface area contributed by atoms with Gasteiger partial charge < -0.3 is 10.6 Å². The SMILES string of the molecule is O=C1c2cc(Nc3cccc(C4CCCC4)c3)c3c4c(cc(Nc5cccc(C6CCCC6)c5)c(c24)C(=O)N1c1cccc(C2CCCC2)c1)C(=O)N(c1cccc(C2CCCC2)c1)C3=O. The van der Waals surface area contributed by atoms with Crippen LogP contribution in [-0.4, -0.2) is 23.6 Å². The number of amides is 4. The molecule has 66 heavy (non-hydrogen) atoms. The van der Waals surface area contributed by atoms with E-state index in [1.165, 1.54) is 46.6 Å². The summed E-state index contributed by atoms with van der Waals surface area (Å²) in [5.74, 6) is -0.268. The summed E-state index contributed by atoms with van der Waals surface area (Å²) in [7, 11) is 0.